The lowest BCUT2D eigenvalue weighted by atomic mass is 9.80. The first kappa shape index (κ1) is 57.7. The van der Waals surface area contributed by atoms with Crippen molar-refractivity contribution in [2.24, 2.45) is 29.4 Å². The van der Waals surface area contributed by atoms with Gasteiger partial charge in [0.05, 0.1) is 85.7 Å². The molecule has 2 rings (SSSR count). The first-order valence-corrected chi connectivity index (χ1v) is 22.8. The van der Waals surface area contributed by atoms with E-state index in [1.54, 1.807) is 45.1 Å². The largest absolute Gasteiger partial charge is 0.481 e. The van der Waals surface area contributed by atoms with E-state index in [4.69, 9.17) is 15.2 Å². The molecular formula is C48H77NO16. The lowest BCUT2D eigenvalue weighted by Gasteiger charge is -2.41. The van der Waals surface area contributed by atoms with Crippen LogP contribution in [0.2, 0.25) is 0 Å². The summed E-state index contributed by atoms with van der Waals surface area (Å²) in [6, 6.07) is -1.03. The van der Waals surface area contributed by atoms with Gasteiger partial charge < -0.3 is 71.4 Å². The Hall–Kier alpha value is -3.43. The second-order valence-electron chi connectivity index (χ2n) is 17.9. The van der Waals surface area contributed by atoms with Crippen molar-refractivity contribution in [2.45, 2.75) is 184 Å². The molecule has 0 aromatic carbocycles. The summed E-state index contributed by atoms with van der Waals surface area (Å²) < 4.78 is 11.6. The third-order valence-electron chi connectivity index (χ3n) is 12.2. The van der Waals surface area contributed by atoms with Gasteiger partial charge in [-0.3, -0.25) is 14.4 Å². The first-order valence-electron chi connectivity index (χ1n) is 22.8. The average molecular weight is 924 g/mol. The summed E-state index contributed by atoms with van der Waals surface area (Å²) in [4.78, 5) is 37.8. The number of aliphatic hydroxyl groups is 10. The predicted molar refractivity (Wildman–Crippen MR) is 242 cm³/mol. The number of carbonyl (C=O) groups is 3. The summed E-state index contributed by atoms with van der Waals surface area (Å²) in [5.74, 6) is -6.13. The summed E-state index contributed by atoms with van der Waals surface area (Å²) in [5, 5.41) is 117. The number of aliphatic carboxylic acids is 1. The van der Waals surface area contributed by atoms with Crippen molar-refractivity contribution in [3.8, 4) is 0 Å². The number of Topliss-reactive ketones (excluding diaryl/α,β-unsaturated/α-hetero) is 1. The van der Waals surface area contributed by atoms with Crippen LogP contribution in [-0.4, -0.2) is 159 Å². The third-order valence-corrected chi connectivity index (χ3v) is 12.2. The minimum absolute atomic E-state index is 0.135. The Morgan fingerprint density at radius 3 is 1.83 bits per heavy atom. The number of ether oxygens (including phenoxy) is 2. The molecule has 0 spiro atoms. The van der Waals surface area contributed by atoms with Crippen LogP contribution in [0, 0.1) is 23.7 Å². The fourth-order valence-corrected chi connectivity index (χ4v) is 7.93. The quantitative estimate of drug-likeness (QED) is 0.178. The van der Waals surface area contributed by atoms with Crippen molar-refractivity contribution in [3.05, 3.63) is 72.9 Å². The van der Waals surface area contributed by atoms with E-state index < -0.39 is 141 Å². The molecule has 1 aliphatic carbocycles. The van der Waals surface area contributed by atoms with Gasteiger partial charge in [0, 0.05) is 31.1 Å². The van der Waals surface area contributed by atoms with E-state index in [0.717, 1.165) is 12.8 Å². The Morgan fingerprint density at radius 2 is 1.18 bits per heavy atom. The standard InChI is InChI=1S/C48H77NO16/c1-28-17-15-13-11-9-7-5-6-8-10-12-14-16-18-36(65-41-21-29(2)46(60)44(49)47(41)61)27-40(57)43(48(62)63)39(56)25-35(53)24-38(55)37(54)20-19-32(50)22-33(51)23-34(52)26-42(58)64-31(4)30(3)45(28)59/h5-6,8,10-18,28-34,36-41,43-47,50-52,54-57,59-61H,7,9,19-27,49H2,1-4H3,(H,62,63)/b6-5+,10-8+,13-11+,14-12+,17-15+,18-16+/t28-,29-,30-,31-,32+,33+,34+,36+,37-,38+,39-,40+,41+,43-,44-,45-,46+,47+/m1/s1. The molecule has 0 bridgehead atoms. The molecule has 13 N–H and O–H groups in total. The number of hydrogen-bond donors (Lipinski definition) is 12. The highest BCUT2D eigenvalue weighted by Crippen LogP contribution is 2.30. The van der Waals surface area contributed by atoms with Crippen molar-refractivity contribution in [1.29, 1.82) is 0 Å². The monoisotopic (exact) mass is 924 g/mol. The van der Waals surface area contributed by atoms with Crippen LogP contribution in [-0.2, 0) is 23.9 Å². The number of carbonyl (C=O) groups excluding carboxylic acids is 2. The zero-order valence-electron chi connectivity index (χ0n) is 38.1. The Balaban J connectivity index is 2.26. The van der Waals surface area contributed by atoms with Crippen molar-refractivity contribution < 1.29 is 80.0 Å². The topological polar surface area (TPSA) is 318 Å². The number of rotatable bonds is 3. The summed E-state index contributed by atoms with van der Waals surface area (Å²) in [6.07, 6.45) is 3.60. The van der Waals surface area contributed by atoms with Gasteiger partial charge >= 0.3 is 11.9 Å². The number of esters is 1. The minimum Gasteiger partial charge on any atom is -0.481 e. The molecule has 0 saturated heterocycles. The van der Waals surface area contributed by atoms with Crippen LogP contribution in [0.5, 0.6) is 0 Å². The molecule has 17 nitrogen and oxygen atoms in total. The Kier molecular flexibility index (Phi) is 26.7. The highest BCUT2D eigenvalue weighted by molar-refractivity contribution is 5.81. The van der Waals surface area contributed by atoms with Gasteiger partial charge in [0.25, 0.3) is 0 Å². The third kappa shape index (κ3) is 21.4. The summed E-state index contributed by atoms with van der Waals surface area (Å²) in [5.41, 5.74) is 6.04. The lowest BCUT2D eigenvalue weighted by Crippen LogP contribution is -2.58. The van der Waals surface area contributed by atoms with Crippen molar-refractivity contribution >= 4 is 17.7 Å². The minimum atomic E-state index is -1.92. The number of aliphatic hydroxyl groups excluding tert-OH is 10. The van der Waals surface area contributed by atoms with E-state index in [-0.39, 0.29) is 43.9 Å². The molecule has 1 fully saturated rings. The molecule has 65 heavy (non-hydrogen) atoms. The van der Waals surface area contributed by atoms with Crippen LogP contribution in [0.4, 0.5) is 0 Å². The van der Waals surface area contributed by atoms with E-state index in [1.165, 1.54) is 6.08 Å². The molecule has 0 aromatic rings. The van der Waals surface area contributed by atoms with Gasteiger partial charge in [-0.1, -0.05) is 93.7 Å². The zero-order chi connectivity index (χ0) is 48.8. The number of cyclic esters (lactones) is 1. The lowest BCUT2D eigenvalue weighted by molar-refractivity contribution is -0.157. The van der Waals surface area contributed by atoms with Crippen LogP contribution in [0.15, 0.2) is 72.9 Å². The van der Waals surface area contributed by atoms with Gasteiger partial charge in [-0.15, -0.1) is 0 Å². The molecule has 2 aliphatic rings. The highest BCUT2D eigenvalue weighted by atomic mass is 16.5. The summed E-state index contributed by atoms with van der Waals surface area (Å²) >= 11 is 0. The molecule has 0 aromatic heterocycles. The number of carboxylic acids is 1. The number of ketones is 1. The van der Waals surface area contributed by atoms with Gasteiger partial charge in [0.2, 0.25) is 0 Å². The van der Waals surface area contributed by atoms with Crippen LogP contribution in [0.25, 0.3) is 0 Å². The van der Waals surface area contributed by atoms with Gasteiger partial charge in [-0.05, 0) is 57.8 Å². The Labute approximate surface area is 383 Å². The molecular weight excluding hydrogens is 847 g/mol. The molecule has 0 amide bonds. The van der Waals surface area contributed by atoms with Gasteiger partial charge in [-0.2, -0.15) is 0 Å². The smallest absolute Gasteiger partial charge is 0.311 e. The second-order valence-corrected chi connectivity index (χ2v) is 17.9. The molecule has 1 heterocycles. The van der Waals surface area contributed by atoms with Crippen LogP contribution < -0.4 is 5.73 Å². The maximum absolute atomic E-state index is 12.9. The van der Waals surface area contributed by atoms with E-state index in [1.807, 2.05) is 49.5 Å². The number of hydrogen-bond acceptors (Lipinski definition) is 16. The highest BCUT2D eigenvalue weighted by Gasteiger charge is 2.42. The van der Waals surface area contributed by atoms with E-state index >= 15 is 0 Å². The number of allylic oxidation sites excluding steroid dienone is 10. The zero-order valence-corrected chi connectivity index (χ0v) is 38.1. The van der Waals surface area contributed by atoms with Crippen LogP contribution in [0.1, 0.15) is 98.3 Å². The fraction of sp³-hybridized carbons (Fsp3) is 0.688. The van der Waals surface area contributed by atoms with Crippen LogP contribution in [0.3, 0.4) is 0 Å². The summed E-state index contributed by atoms with van der Waals surface area (Å²) in [6.45, 7) is 6.97. The maximum Gasteiger partial charge on any atom is 0.311 e. The number of carboxylic acid groups (broad SMARTS) is 1. The van der Waals surface area contributed by atoms with Crippen molar-refractivity contribution in [3.63, 3.8) is 0 Å². The molecule has 17 heteroatoms. The summed E-state index contributed by atoms with van der Waals surface area (Å²) in [7, 11) is 0. The fourth-order valence-electron chi connectivity index (χ4n) is 7.93. The molecule has 1 saturated carbocycles. The molecule has 370 valence electrons. The Morgan fingerprint density at radius 1 is 0.615 bits per heavy atom. The number of nitrogens with two attached hydrogens (primary N) is 1. The molecule has 0 radical (unpaired) electrons. The van der Waals surface area contributed by atoms with Crippen molar-refractivity contribution in [1.82, 2.24) is 0 Å². The van der Waals surface area contributed by atoms with Crippen molar-refractivity contribution in [2.75, 3.05) is 0 Å². The predicted octanol–water partition coefficient (Wildman–Crippen LogP) is 1.44. The molecule has 0 unspecified atom stereocenters. The molecule has 1 aliphatic heterocycles. The second kappa shape index (κ2) is 30.1. The molecule has 18 atom stereocenters. The van der Waals surface area contributed by atoms with E-state index in [0.29, 0.717) is 0 Å². The van der Waals surface area contributed by atoms with Crippen LogP contribution >= 0.6 is 0 Å². The average Bonchev–Trinajstić information content (AvgIpc) is 3.22. The van der Waals surface area contributed by atoms with Gasteiger partial charge in [0.1, 0.15) is 17.8 Å². The van der Waals surface area contributed by atoms with E-state index in [9.17, 15) is 70.6 Å². The van der Waals surface area contributed by atoms with E-state index in [2.05, 4.69) is 0 Å². The Bertz CT molecular complexity index is 1600. The first-order chi connectivity index (χ1) is 30.6. The maximum atomic E-state index is 12.9. The van der Waals surface area contributed by atoms with Gasteiger partial charge in [0.15, 0.2) is 0 Å². The SMILES string of the molecule is C[C@H]1[C@H](O)[C@H](C)/C=C/C=C/CC/C=C/C=C/C=C/C=C/[C@H](O[C@H]2C[C@@H](C)[C@H](O)[C@@H](N)[C@H]2O)C[C@H](O)[C@H](C(=O)O)[C@H](O)CC(=O)C[C@H](O)[C@H](O)CC[C@H](O)C[C@H](O)C[C@H](O)CC(=O)O[C@@H]1C. The van der Waals surface area contributed by atoms with Gasteiger partial charge in [-0.25, -0.2) is 0 Å². The normalized spacial score (nSPS) is 42.5.